The number of hydrogen-bond acceptors (Lipinski definition) is 7. The van der Waals surface area contributed by atoms with Gasteiger partial charge in [-0.25, -0.2) is 4.68 Å². The van der Waals surface area contributed by atoms with Gasteiger partial charge < -0.3 is 20.5 Å². The van der Waals surface area contributed by atoms with Crippen molar-refractivity contribution in [1.29, 1.82) is 0 Å². The van der Waals surface area contributed by atoms with Crippen molar-refractivity contribution in [2.75, 3.05) is 19.5 Å². The van der Waals surface area contributed by atoms with E-state index < -0.39 is 17.9 Å². The van der Waals surface area contributed by atoms with Gasteiger partial charge in [0, 0.05) is 11.4 Å². The molecule has 160 valence electrons. The largest absolute Gasteiger partial charge is 0.493 e. The van der Waals surface area contributed by atoms with Gasteiger partial charge in [0.05, 0.1) is 20.3 Å². The molecule has 1 aromatic heterocycles. The summed E-state index contributed by atoms with van der Waals surface area (Å²) in [5, 5.41) is 8.35. The van der Waals surface area contributed by atoms with Crippen LogP contribution in [0.2, 0.25) is 0 Å². The van der Waals surface area contributed by atoms with Crippen LogP contribution >= 0.6 is 11.8 Å². The van der Waals surface area contributed by atoms with Gasteiger partial charge in [0.15, 0.2) is 11.5 Å². The Kier molecular flexibility index (Phi) is 5.85. The molecule has 0 fully saturated rings. The van der Waals surface area contributed by atoms with Gasteiger partial charge in [0.1, 0.15) is 5.92 Å². The molecule has 0 bridgehead atoms. The highest BCUT2D eigenvalue weighted by Crippen LogP contribution is 2.41. The first-order chi connectivity index (χ1) is 15.0. The van der Waals surface area contributed by atoms with E-state index in [1.165, 1.54) is 17.3 Å². The molecule has 9 heteroatoms. The summed E-state index contributed by atoms with van der Waals surface area (Å²) in [7, 11) is 3.13. The first kappa shape index (κ1) is 20.8. The Bertz CT molecular complexity index is 1120. The summed E-state index contributed by atoms with van der Waals surface area (Å²) in [6.45, 7) is 4.01. The van der Waals surface area contributed by atoms with Gasteiger partial charge in [-0.2, -0.15) is 4.98 Å². The van der Waals surface area contributed by atoms with Crippen molar-refractivity contribution in [3.63, 3.8) is 0 Å². The molecule has 4 rings (SSSR count). The van der Waals surface area contributed by atoms with Gasteiger partial charge in [0.25, 0.3) is 0 Å². The second-order valence-corrected chi connectivity index (χ2v) is 7.97. The van der Waals surface area contributed by atoms with E-state index in [2.05, 4.69) is 34.1 Å². The third-order valence-corrected chi connectivity index (χ3v) is 6.01. The number of carbonyl (C=O) groups excluding carboxylic acids is 1. The lowest BCUT2D eigenvalue weighted by Crippen LogP contribution is -2.40. The van der Waals surface area contributed by atoms with E-state index in [1.807, 2.05) is 30.3 Å². The zero-order chi connectivity index (χ0) is 22.0. The average Bonchev–Trinajstić information content (AvgIpc) is 3.19. The maximum atomic E-state index is 12.4. The second-order valence-electron chi connectivity index (χ2n) is 7.03. The highest BCUT2D eigenvalue weighted by Gasteiger charge is 2.39. The number of nitrogens with zero attached hydrogens (tertiary/aromatic N) is 3. The van der Waals surface area contributed by atoms with Crippen LogP contribution in [-0.4, -0.2) is 34.9 Å². The van der Waals surface area contributed by atoms with E-state index in [9.17, 15) is 4.79 Å². The number of rotatable bonds is 7. The molecule has 0 radical (unpaired) electrons. The Hall–Kier alpha value is -3.46. The normalized spacial score (nSPS) is 17.5. The van der Waals surface area contributed by atoms with Crippen molar-refractivity contribution in [2.24, 2.45) is 11.7 Å². The molecule has 0 saturated heterocycles. The number of aromatic nitrogens is 3. The molecular weight excluding hydrogens is 414 g/mol. The molecule has 3 N–H and O–H groups in total. The van der Waals surface area contributed by atoms with Gasteiger partial charge in [0.2, 0.25) is 17.0 Å². The van der Waals surface area contributed by atoms with Gasteiger partial charge in [-0.1, -0.05) is 54.7 Å². The molecule has 2 heterocycles. The van der Waals surface area contributed by atoms with Gasteiger partial charge in [-0.05, 0) is 23.3 Å². The molecule has 1 aliphatic rings. The Morgan fingerprint density at radius 1 is 1.19 bits per heavy atom. The molecule has 0 unspecified atom stereocenters. The summed E-state index contributed by atoms with van der Waals surface area (Å²) < 4.78 is 12.5. The van der Waals surface area contributed by atoms with Crippen molar-refractivity contribution >= 4 is 23.6 Å². The number of primary amides is 1. The Morgan fingerprint density at radius 2 is 1.94 bits per heavy atom. The average molecular weight is 438 g/mol. The van der Waals surface area contributed by atoms with Gasteiger partial charge >= 0.3 is 0 Å². The molecule has 0 aliphatic carbocycles. The van der Waals surface area contributed by atoms with Crippen LogP contribution in [0.25, 0.3) is 0 Å². The van der Waals surface area contributed by atoms with Crippen molar-refractivity contribution < 1.29 is 14.3 Å². The van der Waals surface area contributed by atoms with E-state index in [1.54, 1.807) is 25.0 Å². The zero-order valence-electron chi connectivity index (χ0n) is 17.2. The summed E-state index contributed by atoms with van der Waals surface area (Å²) in [6.07, 6.45) is 0. The number of amides is 1. The van der Waals surface area contributed by atoms with Gasteiger partial charge in [-0.3, -0.25) is 4.79 Å². The number of benzene rings is 2. The Morgan fingerprint density at radius 3 is 2.61 bits per heavy atom. The monoisotopic (exact) mass is 437 g/mol. The standard InChI is InChI=1S/C22H23N5O3S/c1-13-18(20(23)28)19(15-9-10-16(29-2)17(11-15)30-3)27-21(24-13)25-22(26-27)31-12-14-7-5-4-6-8-14/h4-11,18-19H,1,12H2,2-3H3,(H2,23,28)(H,24,25,26)/t18-,19-/m0/s1. The fourth-order valence-corrected chi connectivity index (χ4v) is 4.40. The molecule has 8 nitrogen and oxygen atoms in total. The van der Waals surface area contributed by atoms with Gasteiger partial charge in [-0.15, -0.1) is 5.10 Å². The molecule has 2 aromatic carbocycles. The predicted octanol–water partition coefficient (Wildman–Crippen LogP) is 3.22. The lowest BCUT2D eigenvalue weighted by Gasteiger charge is -2.32. The summed E-state index contributed by atoms with van der Waals surface area (Å²) in [5.74, 6) is 1.17. The van der Waals surface area contributed by atoms with E-state index in [0.717, 1.165) is 11.3 Å². The van der Waals surface area contributed by atoms with Crippen LogP contribution in [0.4, 0.5) is 5.95 Å². The molecule has 31 heavy (non-hydrogen) atoms. The Balaban J connectivity index is 1.72. The number of carbonyl (C=O) groups is 1. The van der Waals surface area contributed by atoms with Crippen LogP contribution in [0.15, 0.2) is 66.0 Å². The SMILES string of the molecule is C=C1Nc2nc(SCc3ccccc3)nn2[C@@H](c2ccc(OC)c(OC)c2)[C@H]1C(N)=O. The topological polar surface area (TPSA) is 104 Å². The summed E-state index contributed by atoms with van der Waals surface area (Å²) >= 11 is 1.52. The quantitative estimate of drug-likeness (QED) is 0.547. The van der Waals surface area contributed by atoms with E-state index in [0.29, 0.717) is 28.3 Å². The number of nitrogens with two attached hydrogens (primary N) is 1. The number of ether oxygens (including phenoxy) is 2. The molecule has 0 spiro atoms. The minimum absolute atomic E-state index is 0.479. The lowest BCUT2D eigenvalue weighted by molar-refractivity contribution is -0.121. The van der Waals surface area contributed by atoms with Crippen molar-refractivity contribution in [3.05, 3.63) is 71.9 Å². The summed E-state index contributed by atoms with van der Waals surface area (Å²) in [6, 6.07) is 15.0. The number of fused-ring (bicyclic) bond motifs is 1. The molecule has 0 saturated carbocycles. The maximum Gasteiger partial charge on any atom is 0.229 e. The van der Waals surface area contributed by atoms with Crippen LogP contribution in [0.5, 0.6) is 11.5 Å². The van der Waals surface area contributed by atoms with E-state index in [-0.39, 0.29) is 0 Å². The summed E-state index contributed by atoms with van der Waals surface area (Å²) in [5.41, 5.74) is 8.18. The molecule has 1 amide bonds. The number of thioether (sulfide) groups is 1. The minimum atomic E-state index is -0.709. The minimum Gasteiger partial charge on any atom is -0.493 e. The Labute approximate surface area is 184 Å². The fourth-order valence-electron chi connectivity index (χ4n) is 3.62. The third-order valence-electron chi connectivity index (χ3n) is 5.11. The molecule has 2 atom stereocenters. The second kappa shape index (κ2) is 8.73. The van der Waals surface area contributed by atoms with Crippen LogP contribution < -0.4 is 20.5 Å². The van der Waals surface area contributed by atoms with Crippen molar-refractivity contribution in [1.82, 2.24) is 14.8 Å². The fraction of sp³-hybridized carbons (Fsp3) is 0.227. The highest BCUT2D eigenvalue weighted by molar-refractivity contribution is 7.98. The number of hydrogen-bond donors (Lipinski definition) is 2. The van der Waals surface area contributed by atoms with Crippen molar-refractivity contribution in [2.45, 2.75) is 17.0 Å². The highest BCUT2D eigenvalue weighted by atomic mass is 32.2. The number of methoxy groups -OCH3 is 2. The molecule has 1 aliphatic heterocycles. The van der Waals surface area contributed by atoms with Crippen molar-refractivity contribution in [3.8, 4) is 11.5 Å². The third kappa shape index (κ3) is 4.09. The number of nitrogens with one attached hydrogen (secondary N) is 1. The molecule has 3 aromatic rings. The summed E-state index contributed by atoms with van der Waals surface area (Å²) in [4.78, 5) is 16.9. The van der Waals surface area contributed by atoms with Crippen LogP contribution in [0.3, 0.4) is 0 Å². The molecular formula is C22H23N5O3S. The van der Waals surface area contributed by atoms with Crippen LogP contribution in [0, 0.1) is 5.92 Å². The van der Waals surface area contributed by atoms with Crippen LogP contribution in [-0.2, 0) is 10.5 Å². The first-order valence-electron chi connectivity index (χ1n) is 9.62. The first-order valence-corrected chi connectivity index (χ1v) is 10.6. The number of anilines is 1. The maximum absolute atomic E-state index is 12.4. The van der Waals surface area contributed by atoms with E-state index in [4.69, 9.17) is 15.2 Å². The van der Waals surface area contributed by atoms with Crippen LogP contribution in [0.1, 0.15) is 17.2 Å². The lowest BCUT2D eigenvalue weighted by atomic mass is 9.88. The predicted molar refractivity (Wildman–Crippen MR) is 119 cm³/mol. The van der Waals surface area contributed by atoms with E-state index >= 15 is 0 Å². The zero-order valence-corrected chi connectivity index (χ0v) is 18.1. The smallest absolute Gasteiger partial charge is 0.229 e.